The van der Waals surface area contributed by atoms with Gasteiger partial charge in [0.05, 0.1) is 11.2 Å². The highest BCUT2D eigenvalue weighted by Gasteiger charge is 2.10. The molecule has 0 amide bonds. The number of aromatic nitrogens is 1. The van der Waals surface area contributed by atoms with Crippen molar-refractivity contribution in [3.63, 3.8) is 0 Å². The zero-order chi connectivity index (χ0) is 10.4. The van der Waals surface area contributed by atoms with Crippen molar-refractivity contribution in [2.24, 2.45) is 0 Å². The van der Waals surface area contributed by atoms with Gasteiger partial charge in [-0.3, -0.25) is 0 Å². The molecule has 2 nitrogen and oxygen atoms in total. The molecule has 1 aromatic heterocycles. The summed E-state index contributed by atoms with van der Waals surface area (Å²) in [6.45, 7) is 6.59. The van der Waals surface area contributed by atoms with E-state index in [9.17, 15) is 0 Å². The monoisotopic (exact) mass is 230 g/mol. The van der Waals surface area contributed by atoms with Crippen molar-refractivity contribution < 1.29 is 0 Å². The molecule has 0 spiro atoms. The average molecular weight is 230 g/mol. The van der Waals surface area contributed by atoms with Crippen LogP contribution in [0.5, 0.6) is 0 Å². The lowest BCUT2D eigenvalue weighted by Gasteiger charge is -2.17. The molecule has 0 saturated carbocycles. The second kappa shape index (κ2) is 6.43. The minimum absolute atomic E-state index is 0.369. The number of nitrogens with zero attached hydrogens (tertiary/aromatic N) is 1. The highest BCUT2D eigenvalue weighted by molar-refractivity contribution is 7.99. The van der Waals surface area contributed by atoms with Crippen LogP contribution < -0.4 is 5.32 Å². The fraction of sp³-hybridized carbons (Fsp3) is 0.700. The highest BCUT2D eigenvalue weighted by Crippen LogP contribution is 2.13. The number of hydrogen-bond donors (Lipinski definition) is 1. The molecule has 0 aliphatic rings. The molecule has 1 rings (SSSR count). The van der Waals surface area contributed by atoms with Gasteiger partial charge in [-0.05, 0) is 19.6 Å². The first-order valence-electron chi connectivity index (χ1n) is 4.96. The Labute approximate surface area is 94.5 Å². The lowest BCUT2D eigenvalue weighted by molar-refractivity contribution is 0.504. The van der Waals surface area contributed by atoms with E-state index in [1.165, 1.54) is 11.5 Å². The number of thiazole rings is 1. The van der Waals surface area contributed by atoms with Crippen LogP contribution >= 0.6 is 23.1 Å². The maximum absolute atomic E-state index is 4.30. The van der Waals surface area contributed by atoms with E-state index in [1.807, 2.05) is 17.3 Å². The fourth-order valence-corrected chi connectivity index (χ4v) is 2.62. The van der Waals surface area contributed by atoms with E-state index in [4.69, 9.17) is 0 Å². The van der Waals surface area contributed by atoms with Crippen LogP contribution in [0.15, 0.2) is 10.9 Å². The molecule has 80 valence electrons. The van der Waals surface area contributed by atoms with Gasteiger partial charge in [0.15, 0.2) is 0 Å². The molecule has 1 N–H and O–H groups in total. The Hall–Kier alpha value is -0.0600. The summed E-state index contributed by atoms with van der Waals surface area (Å²) < 4.78 is 0. The quantitative estimate of drug-likeness (QED) is 0.813. The van der Waals surface area contributed by atoms with Crippen LogP contribution in [0, 0.1) is 0 Å². The van der Waals surface area contributed by atoms with Crippen molar-refractivity contribution in [1.82, 2.24) is 10.3 Å². The van der Waals surface area contributed by atoms with Crippen molar-refractivity contribution in [1.29, 1.82) is 0 Å². The predicted octanol–water partition coefficient (Wildman–Crippen LogP) is 2.94. The summed E-state index contributed by atoms with van der Waals surface area (Å²) in [4.78, 5) is 4.30. The molecule has 1 heterocycles. The standard InChI is InChI=1S/C10H18N2S2/c1-4-13-5-8(2)12-9(3)10-6-14-7-11-10/h6-9,12H,4-5H2,1-3H3. The van der Waals surface area contributed by atoms with Crippen LogP contribution in [0.1, 0.15) is 32.5 Å². The van der Waals surface area contributed by atoms with Gasteiger partial charge < -0.3 is 5.32 Å². The Kier molecular flexibility index (Phi) is 5.52. The Bertz CT molecular complexity index is 236. The molecule has 4 heteroatoms. The number of hydrogen-bond acceptors (Lipinski definition) is 4. The first kappa shape index (κ1) is 12.0. The molecule has 2 atom stereocenters. The smallest absolute Gasteiger partial charge is 0.0795 e. The third-order valence-electron chi connectivity index (χ3n) is 2.00. The molecule has 0 radical (unpaired) electrons. The molecule has 2 unspecified atom stereocenters. The maximum Gasteiger partial charge on any atom is 0.0795 e. The molecule has 0 aliphatic heterocycles. The topological polar surface area (TPSA) is 24.9 Å². The van der Waals surface area contributed by atoms with Crippen molar-refractivity contribution in [3.05, 3.63) is 16.6 Å². The van der Waals surface area contributed by atoms with Gasteiger partial charge in [-0.15, -0.1) is 11.3 Å². The Morgan fingerprint density at radius 3 is 2.93 bits per heavy atom. The van der Waals surface area contributed by atoms with Gasteiger partial charge >= 0.3 is 0 Å². The Morgan fingerprint density at radius 1 is 1.57 bits per heavy atom. The average Bonchev–Trinajstić information content (AvgIpc) is 2.67. The zero-order valence-corrected chi connectivity index (χ0v) is 10.6. The van der Waals surface area contributed by atoms with Crippen LogP contribution in [0.2, 0.25) is 0 Å². The highest BCUT2D eigenvalue weighted by atomic mass is 32.2. The summed E-state index contributed by atoms with van der Waals surface area (Å²) in [5, 5.41) is 5.65. The predicted molar refractivity (Wildman–Crippen MR) is 66.1 cm³/mol. The number of nitrogens with one attached hydrogen (secondary N) is 1. The van der Waals surface area contributed by atoms with Gasteiger partial charge in [0.25, 0.3) is 0 Å². The van der Waals surface area contributed by atoms with Crippen LogP contribution in [0.3, 0.4) is 0 Å². The first-order chi connectivity index (χ1) is 6.74. The minimum atomic E-state index is 0.369. The second-order valence-corrected chi connectivity index (χ2v) is 5.40. The SMILES string of the molecule is CCSCC(C)NC(C)c1cscn1. The number of rotatable bonds is 6. The summed E-state index contributed by atoms with van der Waals surface area (Å²) >= 11 is 3.63. The molecule has 0 aliphatic carbocycles. The summed E-state index contributed by atoms with van der Waals surface area (Å²) in [5.74, 6) is 2.36. The van der Waals surface area contributed by atoms with Crippen molar-refractivity contribution in [3.8, 4) is 0 Å². The van der Waals surface area contributed by atoms with Gasteiger partial charge in [-0.1, -0.05) is 6.92 Å². The molecule has 0 aromatic carbocycles. The molecule has 0 fully saturated rings. The third kappa shape index (κ3) is 3.98. The van der Waals surface area contributed by atoms with E-state index >= 15 is 0 Å². The largest absolute Gasteiger partial charge is 0.305 e. The molecule has 0 bridgehead atoms. The summed E-state index contributed by atoms with van der Waals surface area (Å²) in [5.41, 5.74) is 3.04. The Balaban J connectivity index is 2.29. The van der Waals surface area contributed by atoms with Crippen molar-refractivity contribution in [2.75, 3.05) is 11.5 Å². The molecule has 14 heavy (non-hydrogen) atoms. The van der Waals surface area contributed by atoms with Gasteiger partial charge in [-0.2, -0.15) is 11.8 Å². The van der Waals surface area contributed by atoms with Crippen LogP contribution in [0.25, 0.3) is 0 Å². The van der Waals surface area contributed by atoms with E-state index in [-0.39, 0.29) is 0 Å². The van der Waals surface area contributed by atoms with Crippen LogP contribution in [-0.2, 0) is 0 Å². The number of thioether (sulfide) groups is 1. The lowest BCUT2D eigenvalue weighted by Crippen LogP contribution is -2.31. The van der Waals surface area contributed by atoms with Gasteiger partial charge in [0.2, 0.25) is 0 Å². The second-order valence-electron chi connectivity index (χ2n) is 3.36. The fourth-order valence-electron chi connectivity index (χ4n) is 1.29. The van der Waals surface area contributed by atoms with Gasteiger partial charge in [-0.25, -0.2) is 4.98 Å². The Morgan fingerprint density at radius 2 is 2.36 bits per heavy atom. The van der Waals surface area contributed by atoms with Crippen molar-refractivity contribution >= 4 is 23.1 Å². The van der Waals surface area contributed by atoms with E-state index in [2.05, 4.69) is 36.5 Å². The van der Waals surface area contributed by atoms with Gasteiger partial charge in [0.1, 0.15) is 0 Å². The first-order valence-corrected chi connectivity index (χ1v) is 7.05. The van der Waals surface area contributed by atoms with E-state index in [0.29, 0.717) is 12.1 Å². The lowest BCUT2D eigenvalue weighted by atomic mass is 10.2. The van der Waals surface area contributed by atoms with Crippen molar-refractivity contribution in [2.45, 2.75) is 32.9 Å². The van der Waals surface area contributed by atoms with Gasteiger partial charge in [0, 0.05) is 23.2 Å². The zero-order valence-electron chi connectivity index (χ0n) is 8.99. The van der Waals surface area contributed by atoms with Crippen LogP contribution in [-0.4, -0.2) is 22.5 Å². The molecular formula is C10H18N2S2. The minimum Gasteiger partial charge on any atom is -0.305 e. The molecule has 0 saturated heterocycles. The van der Waals surface area contributed by atoms with E-state index < -0.39 is 0 Å². The molecule has 1 aromatic rings. The third-order valence-corrected chi connectivity index (χ3v) is 3.75. The summed E-state index contributed by atoms with van der Waals surface area (Å²) in [6, 6.07) is 0.922. The summed E-state index contributed by atoms with van der Waals surface area (Å²) in [6.07, 6.45) is 0. The normalized spacial score (nSPS) is 15.4. The maximum atomic E-state index is 4.30. The van der Waals surface area contributed by atoms with E-state index in [0.717, 1.165) is 5.69 Å². The molecular weight excluding hydrogens is 212 g/mol. The van der Waals surface area contributed by atoms with Crippen LogP contribution in [0.4, 0.5) is 0 Å². The summed E-state index contributed by atoms with van der Waals surface area (Å²) in [7, 11) is 0. The van der Waals surface area contributed by atoms with E-state index in [1.54, 1.807) is 11.3 Å².